The van der Waals surface area contributed by atoms with Crippen molar-refractivity contribution >= 4 is 0 Å². The van der Waals surface area contributed by atoms with Crippen LogP contribution < -0.4 is 0 Å². The van der Waals surface area contributed by atoms with Gasteiger partial charge in [0.2, 0.25) is 0 Å². The van der Waals surface area contributed by atoms with Crippen molar-refractivity contribution in [2.24, 2.45) is 0 Å². The first-order valence-corrected chi connectivity index (χ1v) is 5.00. The topological polar surface area (TPSA) is 46.0 Å². The minimum Gasteiger partial charge on any atom is -0.384 e. The third kappa shape index (κ3) is 3.14. The van der Waals surface area contributed by atoms with Gasteiger partial charge in [0.25, 0.3) is 0 Å². The first-order valence-electron chi connectivity index (χ1n) is 5.00. The van der Waals surface area contributed by atoms with E-state index < -0.39 is 6.10 Å². The molecule has 3 nitrogen and oxygen atoms in total. The molecule has 0 aliphatic heterocycles. The maximum absolute atomic E-state index is 10.1. The Balaban J connectivity index is 3.00. The Labute approximate surface area is 95.9 Å². The molecule has 0 amide bonds. The molecular weight excluding hydrogens is 200 g/mol. The van der Waals surface area contributed by atoms with Crippen molar-refractivity contribution in [3.63, 3.8) is 0 Å². The van der Waals surface area contributed by atoms with E-state index in [0.717, 1.165) is 5.57 Å². The van der Waals surface area contributed by atoms with Crippen molar-refractivity contribution in [3.8, 4) is 0 Å². The third-order valence-electron chi connectivity index (χ3n) is 2.08. The van der Waals surface area contributed by atoms with Gasteiger partial charge in [0, 0.05) is 18.0 Å². The monoisotopic (exact) mass is 216 g/mol. The number of aliphatic hydroxyl groups is 1. The van der Waals surface area contributed by atoms with Crippen LogP contribution in [0.3, 0.4) is 0 Å². The van der Waals surface area contributed by atoms with Crippen LogP contribution in [0.25, 0.3) is 0 Å². The zero-order valence-corrected chi connectivity index (χ0v) is 9.64. The highest BCUT2D eigenvalue weighted by molar-refractivity contribution is 5.33. The lowest BCUT2D eigenvalue weighted by Crippen LogP contribution is -2.02. The van der Waals surface area contributed by atoms with Gasteiger partial charge in [-0.1, -0.05) is 30.9 Å². The van der Waals surface area contributed by atoms with Crippen LogP contribution in [0, 0.1) is 6.92 Å². The predicted molar refractivity (Wildman–Crippen MR) is 64.8 cm³/mol. The number of hydrogen-bond donors (Lipinski definition) is 1. The highest BCUT2D eigenvalue weighted by atomic mass is 16.3. The van der Waals surface area contributed by atoms with Crippen LogP contribution in [0.2, 0.25) is 0 Å². The van der Waals surface area contributed by atoms with E-state index in [1.54, 1.807) is 31.5 Å². The molecule has 3 heteroatoms. The van der Waals surface area contributed by atoms with Gasteiger partial charge in [0.15, 0.2) is 0 Å². The summed E-state index contributed by atoms with van der Waals surface area (Å²) in [6.07, 6.45) is 5.87. The Morgan fingerprint density at radius 1 is 1.44 bits per heavy atom. The maximum atomic E-state index is 10.1. The molecule has 1 unspecified atom stereocenters. The molecule has 0 aliphatic rings. The maximum Gasteiger partial charge on any atom is 0.125 e. The largest absolute Gasteiger partial charge is 0.384 e. The van der Waals surface area contributed by atoms with Crippen molar-refractivity contribution in [2.45, 2.75) is 20.0 Å². The molecule has 0 radical (unpaired) electrons. The van der Waals surface area contributed by atoms with Gasteiger partial charge in [-0.15, -0.1) is 0 Å². The van der Waals surface area contributed by atoms with E-state index in [9.17, 15) is 5.11 Å². The highest BCUT2D eigenvalue weighted by Gasteiger charge is 2.11. The average Bonchev–Trinajstić information content (AvgIpc) is 2.25. The number of nitrogens with zero attached hydrogens (tertiary/aromatic N) is 2. The van der Waals surface area contributed by atoms with Gasteiger partial charge in [-0.2, -0.15) is 0 Å². The molecule has 1 heterocycles. The van der Waals surface area contributed by atoms with Gasteiger partial charge >= 0.3 is 0 Å². The minimum atomic E-state index is -0.755. The van der Waals surface area contributed by atoms with Gasteiger partial charge < -0.3 is 5.11 Å². The smallest absolute Gasteiger partial charge is 0.125 e. The summed E-state index contributed by atoms with van der Waals surface area (Å²) in [7, 11) is 0. The van der Waals surface area contributed by atoms with Gasteiger partial charge in [0.05, 0.1) is 0 Å². The molecule has 1 atom stereocenters. The van der Waals surface area contributed by atoms with Crippen molar-refractivity contribution in [1.29, 1.82) is 0 Å². The number of aromatic nitrogens is 2. The van der Waals surface area contributed by atoms with E-state index in [4.69, 9.17) is 0 Å². The van der Waals surface area contributed by atoms with E-state index in [1.807, 2.05) is 6.92 Å². The molecule has 0 saturated heterocycles. The second-order valence-corrected chi connectivity index (χ2v) is 3.66. The zero-order chi connectivity index (χ0) is 12.1. The summed E-state index contributed by atoms with van der Waals surface area (Å²) >= 11 is 0. The summed E-state index contributed by atoms with van der Waals surface area (Å²) in [6.45, 7) is 11.1. The molecular formula is C13H16N2O. The number of allylic oxidation sites excluding steroid dienone is 2. The van der Waals surface area contributed by atoms with Gasteiger partial charge in [-0.3, -0.25) is 0 Å². The molecule has 0 fully saturated rings. The second kappa shape index (κ2) is 5.37. The van der Waals surface area contributed by atoms with E-state index in [-0.39, 0.29) is 0 Å². The zero-order valence-electron chi connectivity index (χ0n) is 9.64. The fourth-order valence-corrected chi connectivity index (χ4v) is 1.27. The number of aryl methyl sites for hydroxylation is 1. The summed E-state index contributed by atoms with van der Waals surface area (Å²) in [4.78, 5) is 8.08. The lowest BCUT2D eigenvalue weighted by Gasteiger charge is -2.11. The van der Waals surface area contributed by atoms with Crippen molar-refractivity contribution in [3.05, 3.63) is 60.2 Å². The molecule has 1 aromatic rings. The fourth-order valence-electron chi connectivity index (χ4n) is 1.27. The quantitative estimate of drug-likeness (QED) is 0.786. The summed E-state index contributed by atoms with van der Waals surface area (Å²) in [5, 5.41) is 10.1. The Kier molecular flexibility index (Phi) is 4.14. The molecule has 84 valence electrons. The minimum absolute atomic E-state index is 0.651. The van der Waals surface area contributed by atoms with Crippen LogP contribution in [0.5, 0.6) is 0 Å². The van der Waals surface area contributed by atoms with Crippen molar-refractivity contribution < 1.29 is 5.11 Å². The second-order valence-electron chi connectivity index (χ2n) is 3.66. The molecule has 0 bridgehead atoms. The number of rotatable bonds is 4. The van der Waals surface area contributed by atoms with Crippen LogP contribution in [-0.2, 0) is 0 Å². The first kappa shape index (κ1) is 12.3. The van der Waals surface area contributed by atoms with Gasteiger partial charge in [0.1, 0.15) is 11.9 Å². The highest BCUT2D eigenvalue weighted by Crippen LogP contribution is 2.22. The summed E-state index contributed by atoms with van der Waals surface area (Å²) in [5.41, 5.74) is 2.21. The standard InChI is InChI=1S/C13H16N2O/c1-5-11(6-9(2)3)13(16)12-7-14-10(4)15-8-12/h5-8,13,16H,1-2H2,3-4H3/b11-6+. The van der Waals surface area contributed by atoms with Crippen LogP contribution in [0.4, 0.5) is 0 Å². The Hall–Kier alpha value is -1.74. The molecule has 0 saturated carbocycles. The van der Waals surface area contributed by atoms with Crippen LogP contribution in [-0.4, -0.2) is 15.1 Å². The van der Waals surface area contributed by atoms with Crippen molar-refractivity contribution in [2.75, 3.05) is 0 Å². The van der Waals surface area contributed by atoms with E-state index >= 15 is 0 Å². The normalized spacial score (nSPS) is 13.3. The lowest BCUT2D eigenvalue weighted by atomic mass is 10.0. The summed E-state index contributed by atoms with van der Waals surface area (Å²) in [6, 6.07) is 0. The van der Waals surface area contributed by atoms with E-state index in [2.05, 4.69) is 23.1 Å². The Bertz CT molecular complexity index is 418. The lowest BCUT2D eigenvalue weighted by molar-refractivity contribution is 0.218. The van der Waals surface area contributed by atoms with E-state index in [0.29, 0.717) is 17.0 Å². The summed E-state index contributed by atoms with van der Waals surface area (Å²) in [5.74, 6) is 0.681. The molecule has 0 spiro atoms. The molecule has 1 N–H and O–H groups in total. The molecule has 1 rings (SSSR count). The molecule has 1 aromatic heterocycles. The van der Waals surface area contributed by atoms with Crippen LogP contribution in [0.1, 0.15) is 24.4 Å². The molecule has 16 heavy (non-hydrogen) atoms. The fraction of sp³-hybridized carbons (Fsp3) is 0.231. The third-order valence-corrected chi connectivity index (χ3v) is 2.08. The van der Waals surface area contributed by atoms with Gasteiger partial charge in [-0.05, 0) is 19.4 Å². The SMILES string of the molecule is C=C/C(=C\C(=C)C)C(O)c1cnc(C)nc1. The van der Waals surface area contributed by atoms with Crippen molar-refractivity contribution in [1.82, 2.24) is 9.97 Å². The van der Waals surface area contributed by atoms with Crippen LogP contribution in [0.15, 0.2) is 48.8 Å². The predicted octanol–water partition coefficient (Wildman–Crippen LogP) is 2.51. The molecule has 0 aromatic carbocycles. The molecule has 0 aliphatic carbocycles. The number of hydrogen-bond acceptors (Lipinski definition) is 3. The number of aliphatic hydroxyl groups excluding tert-OH is 1. The Morgan fingerprint density at radius 3 is 2.44 bits per heavy atom. The van der Waals surface area contributed by atoms with Gasteiger partial charge in [-0.25, -0.2) is 9.97 Å². The average molecular weight is 216 g/mol. The Morgan fingerprint density at radius 2 is 2.00 bits per heavy atom. The van der Waals surface area contributed by atoms with E-state index in [1.165, 1.54) is 0 Å². The van der Waals surface area contributed by atoms with Crippen LogP contribution >= 0.6 is 0 Å². The first-order chi connectivity index (χ1) is 7.54. The summed E-state index contributed by atoms with van der Waals surface area (Å²) < 4.78 is 0.